The van der Waals surface area contributed by atoms with Crippen molar-refractivity contribution in [2.75, 3.05) is 13.0 Å². The Bertz CT molecular complexity index is 417. The first-order chi connectivity index (χ1) is 8.62. The Morgan fingerprint density at radius 3 is 2.39 bits per heavy atom. The van der Waals surface area contributed by atoms with Crippen molar-refractivity contribution >= 4 is 35.1 Å². The highest BCUT2D eigenvalue weighted by Crippen LogP contribution is 2.26. The molecular weight excluding hydrogens is 272 g/mol. The van der Waals surface area contributed by atoms with Crippen molar-refractivity contribution in [3.05, 3.63) is 29.8 Å². The van der Waals surface area contributed by atoms with Crippen LogP contribution in [0.5, 0.6) is 0 Å². The smallest absolute Gasteiger partial charge is 0.319 e. The summed E-state index contributed by atoms with van der Waals surface area (Å²) >= 11 is 6.91. The number of rotatable bonds is 6. The third kappa shape index (κ3) is 4.03. The Kier molecular flexibility index (Phi) is 6.22. The summed E-state index contributed by atoms with van der Waals surface area (Å²) in [6.07, 6.45) is 0.694. The number of hydrogen-bond donors (Lipinski definition) is 0. The van der Waals surface area contributed by atoms with Crippen LogP contribution in [0.1, 0.15) is 23.7 Å². The molecule has 0 saturated carbocycles. The van der Waals surface area contributed by atoms with Gasteiger partial charge in [-0.25, -0.2) is 0 Å². The zero-order chi connectivity index (χ0) is 13.5. The normalized spacial score (nSPS) is 11.9. The second-order valence-corrected chi connectivity index (χ2v) is 5.16. The maximum absolute atomic E-state index is 11.5. The minimum absolute atomic E-state index is 0.0216. The first kappa shape index (κ1) is 15.1. The van der Waals surface area contributed by atoms with Crippen molar-refractivity contribution in [3.63, 3.8) is 0 Å². The lowest BCUT2D eigenvalue weighted by Gasteiger charge is -2.11. The van der Waals surface area contributed by atoms with Gasteiger partial charge in [0, 0.05) is 10.5 Å². The van der Waals surface area contributed by atoms with Crippen LogP contribution in [-0.4, -0.2) is 30.0 Å². The molecule has 1 unspecified atom stereocenters. The van der Waals surface area contributed by atoms with Gasteiger partial charge in [0.05, 0.1) is 13.0 Å². The van der Waals surface area contributed by atoms with Crippen LogP contribution in [0.4, 0.5) is 0 Å². The van der Waals surface area contributed by atoms with E-state index >= 15 is 0 Å². The number of Topliss-reactive ketones (excluding diaryl/α,β-unsaturated/α-hetero) is 1. The van der Waals surface area contributed by atoms with E-state index < -0.39 is 0 Å². The summed E-state index contributed by atoms with van der Waals surface area (Å²) in [5.41, 5.74) is 0.584. The first-order valence-corrected chi connectivity index (χ1v) is 6.97. The number of esters is 1. The molecule has 1 aromatic rings. The molecule has 18 heavy (non-hydrogen) atoms. The Hall–Kier alpha value is -1.00. The Morgan fingerprint density at radius 2 is 1.94 bits per heavy atom. The lowest BCUT2D eigenvalue weighted by molar-refractivity contribution is -0.140. The topological polar surface area (TPSA) is 43.4 Å². The SMILES string of the molecule is CCC(Sc1ccc(C(=O)CCl)cc1)C(=O)OC. The van der Waals surface area contributed by atoms with Crippen LogP contribution in [-0.2, 0) is 9.53 Å². The van der Waals surface area contributed by atoms with Crippen molar-refractivity contribution in [1.29, 1.82) is 0 Å². The molecule has 0 radical (unpaired) electrons. The molecule has 1 aromatic carbocycles. The number of ketones is 1. The van der Waals surface area contributed by atoms with Gasteiger partial charge in [0.1, 0.15) is 5.25 Å². The van der Waals surface area contributed by atoms with Crippen LogP contribution in [0, 0.1) is 0 Å². The molecule has 1 rings (SSSR count). The molecule has 0 fully saturated rings. The van der Waals surface area contributed by atoms with Crippen LogP contribution >= 0.6 is 23.4 Å². The van der Waals surface area contributed by atoms with Crippen LogP contribution in [0.25, 0.3) is 0 Å². The fourth-order valence-corrected chi connectivity index (χ4v) is 2.53. The van der Waals surface area contributed by atoms with E-state index in [4.69, 9.17) is 16.3 Å². The molecule has 0 heterocycles. The van der Waals surface area contributed by atoms with E-state index in [1.165, 1.54) is 18.9 Å². The van der Waals surface area contributed by atoms with E-state index in [0.717, 1.165) is 4.90 Å². The minimum Gasteiger partial charge on any atom is -0.468 e. The molecule has 0 N–H and O–H groups in total. The van der Waals surface area contributed by atoms with Crippen LogP contribution in [0.15, 0.2) is 29.2 Å². The number of carbonyl (C=O) groups is 2. The number of benzene rings is 1. The minimum atomic E-state index is -0.233. The zero-order valence-electron chi connectivity index (χ0n) is 10.3. The highest BCUT2D eigenvalue weighted by atomic mass is 35.5. The molecule has 0 aliphatic rings. The summed E-state index contributed by atoms with van der Waals surface area (Å²) < 4.78 is 4.72. The van der Waals surface area contributed by atoms with Gasteiger partial charge in [-0.15, -0.1) is 23.4 Å². The monoisotopic (exact) mass is 286 g/mol. The standard InChI is InChI=1S/C13H15ClO3S/c1-3-12(13(16)17-2)18-10-6-4-9(5-7-10)11(15)8-14/h4-7,12H,3,8H2,1-2H3. The number of carbonyl (C=O) groups excluding carboxylic acids is 2. The summed E-state index contributed by atoms with van der Waals surface area (Å²) in [7, 11) is 1.38. The fraction of sp³-hybridized carbons (Fsp3) is 0.385. The van der Waals surface area contributed by atoms with Gasteiger partial charge in [-0.1, -0.05) is 19.1 Å². The molecule has 0 saturated heterocycles. The maximum Gasteiger partial charge on any atom is 0.319 e. The molecule has 0 spiro atoms. The third-order valence-electron chi connectivity index (χ3n) is 2.41. The summed E-state index contributed by atoms with van der Waals surface area (Å²) in [6, 6.07) is 7.07. The van der Waals surface area contributed by atoms with Crippen LogP contribution in [0.2, 0.25) is 0 Å². The van der Waals surface area contributed by atoms with Crippen molar-refractivity contribution in [3.8, 4) is 0 Å². The molecule has 0 amide bonds. The summed E-state index contributed by atoms with van der Waals surface area (Å²) in [6.45, 7) is 1.93. The van der Waals surface area contributed by atoms with Gasteiger partial charge in [0.25, 0.3) is 0 Å². The van der Waals surface area contributed by atoms with Gasteiger partial charge >= 0.3 is 5.97 Å². The number of methoxy groups -OCH3 is 1. The van der Waals surface area contributed by atoms with Crippen molar-refractivity contribution < 1.29 is 14.3 Å². The third-order valence-corrected chi connectivity index (χ3v) is 4.01. The van der Waals surface area contributed by atoms with Gasteiger partial charge in [-0.3, -0.25) is 9.59 Å². The van der Waals surface area contributed by atoms with Gasteiger partial charge < -0.3 is 4.74 Å². The summed E-state index contributed by atoms with van der Waals surface area (Å²) in [4.78, 5) is 23.7. The maximum atomic E-state index is 11.5. The van der Waals surface area contributed by atoms with Crippen molar-refractivity contribution in [2.45, 2.75) is 23.5 Å². The quantitative estimate of drug-likeness (QED) is 0.349. The molecule has 1 atom stereocenters. The van der Waals surface area contributed by atoms with Crippen molar-refractivity contribution in [1.82, 2.24) is 0 Å². The second-order valence-electron chi connectivity index (χ2n) is 3.62. The van der Waals surface area contributed by atoms with Gasteiger partial charge in [0.2, 0.25) is 0 Å². The molecule has 3 nitrogen and oxygen atoms in total. The average molecular weight is 287 g/mol. The lowest BCUT2D eigenvalue weighted by Crippen LogP contribution is -2.17. The summed E-state index contributed by atoms with van der Waals surface area (Å²) in [5, 5.41) is -0.218. The van der Waals surface area contributed by atoms with Crippen molar-refractivity contribution in [2.24, 2.45) is 0 Å². The Labute approximate surface area is 116 Å². The number of halogens is 1. The highest BCUT2D eigenvalue weighted by molar-refractivity contribution is 8.00. The van der Waals surface area contributed by atoms with Gasteiger partial charge in [0.15, 0.2) is 5.78 Å². The molecular formula is C13H15ClO3S. The number of ether oxygens (including phenoxy) is 1. The highest BCUT2D eigenvalue weighted by Gasteiger charge is 2.18. The predicted octanol–water partition coefficient (Wildman–Crippen LogP) is 3.15. The Morgan fingerprint density at radius 1 is 1.33 bits per heavy atom. The molecule has 0 aromatic heterocycles. The predicted molar refractivity (Wildman–Crippen MR) is 73.4 cm³/mol. The Balaban J connectivity index is 2.73. The first-order valence-electron chi connectivity index (χ1n) is 5.56. The number of alkyl halides is 1. The van der Waals surface area contributed by atoms with Crippen LogP contribution in [0.3, 0.4) is 0 Å². The van der Waals surface area contributed by atoms with E-state index in [1.54, 1.807) is 12.1 Å². The van der Waals surface area contributed by atoms with E-state index in [-0.39, 0.29) is 22.9 Å². The number of thioether (sulfide) groups is 1. The summed E-state index contributed by atoms with van der Waals surface area (Å²) in [5.74, 6) is -0.358. The van der Waals surface area contributed by atoms with Crippen LogP contribution < -0.4 is 0 Å². The fourth-order valence-electron chi connectivity index (χ4n) is 1.39. The molecule has 0 aliphatic heterocycles. The molecule has 0 aliphatic carbocycles. The van der Waals surface area contributed by atoms with Gasteiger partial charge in [-0.2, -0.15) is 0 Å². The van der Waals surface area contributed by atoms with E-state index in [1.807, 2.05) is 19.1 Å². The molecule has 0 bridgehead atoms. The number of hydrogen-bond acceptors (Lipinski definition) is 4. The zero-order valence-corrected chi connectivity index (χ0v) is 11.9. The largest absolute Gasteiger partial charge is 0.468 e. The van der Waals surface area contributed by atoms with E-state index in [2.05, 4.69) is 0 Å². The van der Waals surface area contributed by atoms with Gasteiger partial charge in [-0.05, 0) is 18.6 Å². The lowest BCUT2D eigenvalue weighted by atomic mass is 10.1. The molecule has 5 heteroatoms. The van der Waals surface area contributed by atoms with E-state index in [0.29, 0.717) is 12.0 Å². The molecule has 98 valence electrons. The second kappa shape index (κ2) is 7.44. The average Bonchev–Trinajstić information content (AvgIpc) is 2.43. The van der Waals surface area contributed by atoms with E-state index in [9.17, 15) is 9.59 Å².